The number of aromatic nitrogens is 2. The molecule has 0 bridgehead atoms. The predicted octanol–water partition coefficient (Wildman–Crippen LogP) is 4.59. The Morgan fingerprint density at radius 1 is 1.37 bits per heavy atom. The molecule has 0 unspecified atom stereocenters. The minimum atomic E-state index is -0.690. The summed E-state index contributed by atoms with van der Waals surface area (Å²) in [6, 6.07) is 14.1. The standard InChI is InChI=1S/C19H14ClN3O3S/c1-27-11-6-7-14(20)12(8-11)19(25)26-10-17(24)13(9-21)18-22-15-4-2-3-5-16(15)23-18/h2-8,24H,10H2,1H3,(H,22,23). The molecule has 2 aromatic carbocycles. The zero-order chi connectivity index (χ0) is 19.4. The number of para-hydroxylation sites is 2. The van der Waals surface area contributed by atoms with E-state index in [0.717, 1.165) is 10.4 Å². The summed E-state index contributed by atoms with van der Waals surface area (Å²) in [5, 5.41) is 19.9. The highest BCUT2D eigenvalue weighted by molar-refractivity contribution is 7.98. The number of hydrogen-bond acceptors (Lipinski definition) is 6. The van der Waals surface area contributed by atoms with Crippen molar-refractivity contribution in [1.29, 1.82) is 5.26 Å². The molecule has 0 spiro atoms. The van der Waals surface area contributed by atoms with Crippen LogP contribution in [-0.4, -0.2) is 33.9 Å². The molecule has 0 radical (unpaired) electrons. The highest BCUT2D eigenvalue weighted by atomic mass is 35.5. The molecule has 3 rings (SSSR count). The molecule has 0 amide bonds. The molecule has 0 aliphatic heterocycles. The van der Waals surface area contributed by atoms with Crippen molar-refractivity contribution < 1.29 is 14.6 Å². The number of fused-ring (bicyclic) bond motifs is 1. The van der Waals surface area contributed by atoms with Gasteiger partial charge in [0.25, 0.3) is 0 Å². The van der Waals surface area contributed by atoms with Crippen molar-refractivity contribution >= 4 is 45.9 Å². The SMILES string of the molecule is CSc1ccc(Cl)c(C(=O)OCC(O)=C(C#N)c2nc3ccccc3[nH]2)c1. The number of esters is 1. The van der Waals surface area contributed by atoms with E-state index in [1.165, 1.54) is 11.8 Å². The normalized spacial score (nSPS) is 11.7. The van der Waals surface area contributed by atoms with Gasteiger partial charge >= 0.3 is 5.97 Å². The summed E-state index contributed by atoms with van der Waals surface area (Å²) in [5.74, 6) is -0.888. The maximum atomic E-state index is 12.3. The zero-order valence-electron chi connectivity index (χ0n) is 14.2. The Bertz CT molecular complexity index is 1050. The number of rotatable bonds is 5. The predicted molar refractivity (Wildman–Crippen MR) is 105 cm³/mol. The van der Waals surface area contributed by atoms with Crippen molar-refractivity contribution in [3.63, 3.8) is 0 Å². The van der Waals surface area contributed by atoms with Gasteiger partial charge in [0.2, 0.25) is 0 Å². The molecule has 0 saturated carbocycles. The maximum absolute atomic E-state index is 12.3. The van der Waals surface area contributed by atoms with Crippen LogP contribution in [-0.2, 0) is 4.74 Å². The van der Waals surface area contributed by atoms with Crippen LogP contribution in [0.15, 0.2) is 53.1 Å². The van der Waals surface area contributed by atoms with E-state index in [9.17, 15) is 15.2 Å². The summed E-state index contributed by atoms with van der Waals surface area (Å²) in [5.41, 5.74) is 1.48. The second-order valence-electron chi connectivity index (χ2n) is 5.46. The zero-order valence-corrected chi connectivity index (χ0v) is 15.8. The minimum absolute atomic E-state index is 0.0945. The highest BCUT2D eigenvalue weighted by Crippen LogP contribution is 2.24. The molecule has 1 aromatic heterocycles. The maximum Gasteiger partial charge on any atom is 0.340 e. The lowest BCUT2D eigenvalue weighted by Gasteiger charge is -2.08. The van der Waals surface area contributed by atoms with Crippen LogP contribution in [0.1, 0.15) is 16.2 Å². The molecule has 6 nitrogen and oxygen atoms in total. The number of carbonyl (C=O) groups is 1. The average Bonchev–Trinajstić information content (AvgIpc) is 3.10. The third kappa shape index (κ3) is 4.08. The summed E-state index contributed by atoms with van der Waals surface area (Å²) in [6.07, 6.45) is 1.87. The van der Waals surface area contributed by atoms with Gasteiger partial charge in [-0.25, -0.2) is 9.78 Å². The molecule has 136 valence electrons. The molecule has 0 fully saturated rings. The van der Waals surface area contributed by atoms with Gasteiger partial charge in [0, 0.05) is 4.90 Å². The Hall–Kier alpha value is -2.95. The Kier molecular flexibility index (Phi) is 5.69. The van der Waals surface area contributed by atoms with E-state index >= 15 is 0 Å². The van der Waals surface area contributed by atoms with Gasteiger partial charge in [0.15, 0.2) is 11.6 Å². The number of imidazole rings is 1. The summed E-state index contributed by atoms with van der Waals surface area (Å²) in [6.45, 7) is -0.474. The van der Waals surface area contributed by atoms with Gasteiger partial charge in [-0.05, 0) is 36.6 Å². The summed E-state index contributed by atoms with van der Waals surface area (Å²) in [4.78, 5) is 20.3. The number of halogens is 1. The number of H-pyrrole nitrogens is 1. The van der Waals surface area contributed by atoms with Gasteiger partial charge in [-0.15, -0.1) is 11.8 Å². The first-order valence-corrected chi connectivity index (χ1v) is 9.41. The number of aliphatic hydroxyl groups is 1. The largest absolute Gasteiger partial charge is 0.507 e. The molecule has 8 heteroatoms. The number of carbonyl (C=O) groups excluding carboxylic acids is 1. The van der Waals surface area contributed by atoms with Crippen LogP contribution in [0.4, 0.5) is 0 Å². The molecular weight excluding hydrogens is 386 g/mol. The third-order valence-corrected chi connectivity index (χ3v) is 4.81. The van der Waals surface area contributed by atoms with Crippen LogP contribution in [0.5, 0.6) is 0 Å². The van der Waals surface area contributed by atoms with E-state index in [-0.39, 0.29) is 22.0 Å². The first kappa shape index (κ1) is 18.8. The van der Waals surface area contributed by atoms with E-state index in [2.05, 4.69) is 9.97 Å². The van der Waals surface area contributed by atoms with Crippen molar-refractivity contribution in [3.05, 3.63) is 64.6 Å². The Labute approximate surface area is 164 Å². The number of nitriles is 1. The number of allylic oxidation sites excluding steroid dienone is 1. The lowest BCUT2D eigenvalue weighted by atomic mass is 10.2. The smallest absolute Gasteiger partial charge is 0.340 e. The Morgan fingerprint density at radius 3 is 2.85 bits per heavy atom. The van der Waals surface area contributed by atoms with E-state index in [0.29, 0.717) is 5.52 Å². The molecule has 0 aliphatic carbocycles. The monoisotopic (exact) mass is 399 g/mol. The number of nitrogens with zero attached hydrogens (tertiary/aromatic N) is 2. The lowest BCUT2D eigenvalue weighted by Crippen LogP contribution is -2.10. The van der Waals surface area contributed by atoms with E-state index in [1.807, 2.05) is 24.5 Å². The third-order valence-electron chi connectivity index (χ3n) is 3.76. The second-order valence-corrected chi connectivity index (χ2v) is 6.74. The minimum Gasteiger partial charge on any atom is -0.507 e. The molecule has 2 N–H and O–H groups in total. The van der Waals surface area contributed by atoms with Crippen LogP contribution < -0.4 is 0 Å². The van der Waals surface area contributed by atoms with Crippen LogP contribution in [0.25, 0.3) is 16.6 Å². The van der Waals surface area contributed by atoms with Crippen molar-refractivity contribution in [3.8, 4) is 6.07 Å². The van der Waals surface area contributed by atoms with Gasteiger partial charge in [-0.3, -0.25) is 0 Å². The van der Waals surface area contributed by atoms with Gasteiger partial charge in [-0.1, -0.05) is 23.7 Å². The molecule has 0 aliphatic rings. The number of ether oxygens (including phenoxy) is 1. The van der Waals surface area contributed by atoms with Gasteiger partial charge in [0.05, 0.1) is 21.6 Å². The van der Waals surface area contributed by atoms with E-state index in [1.54, 1.807) is 30.3 Å². The van der Waals surface area contributed by atoms with Gasteiger partial charge in [-0.2, -0.15) is 5.26 Å². The lowest BCUT2D eigenvalue weighted by molar-refractivity contribution is 0.0502. The Morgan fingerprint density at radius 2 is 2.15 bits per heavy atom. The number of hydrogen-bond donors (Lipinski definition) is 2. The van der Waals surface area contributed by atoms with E-state index < -0.39 is 18.3 Å². The topological polar surface area (TPSA) is 99.0 Å². The number of aliphatic hydroxyl groups excluding tert-OH is 1. The van der Waals surface area contributed by atoms with Gasteiger partial charge in [0.1, 0.15) is 18.2 Å². The molecule has 3 aromatic rings. The fourth-order valence-electron chi connectivity index (χ4n) is 2.40. The fraction of sp³-hybridized carbons (Fsp3) is 0.105. The number of thioether (sulfide) groups is 1. The molecule has 27 heavy (non-hydrogen) atoms. The van der Waals surface area contributed by atoms with Crippen LogP contribution in [0, 0.1) is 11.3 Å². The number of aromatic amines is 1. The van der Waals surface area contributed by atoms with E-state index in [4.69, 9.17) is 16.3 Å². The molecule has 0 saturated heterocycles. The van der Waals surface area contributed by atoms with Crippen LogP contribution in [0.3, 0.4) is 0 Å². The highest BCUT2D eigenvalue weighted by Gasteiger charge is 2.17. The number of nitrogens with one attached hydrogen (secondary N) is 1. The van der Waals surface area contributed by atoms with Crippen molar-refractivity contribution in [2.75, 3.05) is 12.9 Å². The summed E-state index contributed by atoms with van der Waals surface area (Å²) in [7, 11) is 0. The quantitative estimate of drug-likeness (QED) is 0.282. The first-order valence-electron chi connectivity index (χ1n) is 7.81. The van der Waals surface area contributed by atoms with Crippen LogP contribution in [0.2, 0.25) is 5.02 Å². The van der Waals surface area contributed by atoms with Crippen molar-refractivity contribution in [1.82, 2.24) is 9.97 Å². The summed E-state index contributed by atoms with van der Waals surface area (Å²) < 4.78 is 5.12. The Balaban J connectivity index is 1.81. The average molecular weight is 400 g/mol. The molecule has 1 heterocycles. The van der Waals surface area contributed by atoms with Crippen molar-refractivity contribution in [2.24, 2.45) is 0 Å². The summed E-state index contributed by atoms with van der Waals surface area (Å²) >= 11 is 7.50. The van der Waals surface area contributed by atoms with Crippen LogP contribution >= 0.6 is 23.4 Å². The molecule has 0 atom stereocenters. The van der Waals surface area contributed by atoms with Crippen molar-refractivity contribution in [2.45, 2.75) is 4.90 Å². The molecular formula is C19H14ClN3O3S. The fourth-order valence-corrected chi connectivity index (χ4v) is 3.03. The first-order chi connectivity index (χ1) is 13.0. The van der Waals surface area contributed by atoms with Gasteiger partial charge < -0.3 is 14.8 Å². The second kappa shape index (κ2) is 8.16. The number of benzene rings is 2.